The number of hydrogen-bond acceptors (Lipinski definition) is 2. The Morgan fingerprint density at radius 2 is 1.94 bits per heavy atom. The van der Waals surface area contributed by atoms with Gasteiger partial charge in [-0.2, -0.15) is 5.26 Å². The summed E-state index contributed by atoms with van der Waals surface area (Å²) in [5.74, 6) is 0.205. The van der Waals surface area contributed by atoms with Crippen LogP contribution in [0, 0.1) is 17.2 Å². The maximum Gasteiger partial charge on any atom is 0.226 e. The number of nitrogens with one attached hydrogen (secondary N) is 1. The fraction of sp³-hybridized carbons (Fsp3) is 0.429. The number of amides is 1. The van der Waals surface area contributed by atoms with Crippen molar-refractivity contribution in [2.75, 3.05) is 5.32 Å². The Bertz CT molecular complexity index is 456. The van der Waals surface area contributed by atoms with Crippen molar-refractivity contribution < 1.29 is 4.79 Å². The molecule has 3 heteroatoms. The molecule has 0 aliphatic heterocycles. The van der Waals surface area contributed by atoms with E-state index < -0.39 is 0 Å². The second-order valence-electron chi connectivity index (χ2n) is 4.71. The van der Waals surface area contributed by atoms with Gasteiger partial charge in [-0.3, -0.25) is 4.79 Å². The maximum absolute atomic E-state index is 11.5. The van der Waals surface area contributed by atoms with Crippen molar-refractivity contribution in [1.29, 1.82) is 5.26 Å². The summed E-state index contributed by atoms with van der Waals surface area (Å²) in [6.45, 7) is 7.76. The highest BCUT2D eigenvalue weighted by atomic mass is 16.1. The molecular weight excluding hydrogens is 212 g/mol. The first kappa shape index (κ1) is 13.2. The van der Waals surface area contributed by atoms with E-state index in [0.717, 1.165) is 5.56 Å². The zero-order valence-electron chi connectivity index (χ0n) is 10.7. The topological polar surface area (TPSA) is 52.9 Å². The fourth-order valence-electron chi connectivity index (χ4n) is 1.52. The molecule has 0 aromatic heterocycles. The molecule has 1 N–H and O–H groups in total. The molecule has 0 saturated carbocycles. The van der Waals surface area contributed by atoms with Gasteiger partial charge >= 0.3 is 0 Å². The molecule has 0 atom stereocenters. The first-order chi connectivity index (χ1) is 7.95. The van der Waals surface area contributed by atoms with Gasteiger partial charge in [0.15, 0.2) is 0 Å². The third-order valence-corrected chi connectivity index (χ3v) is 2.59. The van der Waals surface area contributed by atoms with E-state index in [1.807, 2.05) is 39.8 Å². The van der Waals surface area contributed by atoms with Crippen LogP contribution < -0.4 is 5.32 Å². The number of anilines is 1. The summed E-state index contributed by atoms with van der Waals surface area (Å²) < 4.78 is 0. The molecule has 0 heterocycles. The second kappa shape index (κ2) is 5.49. The van der Waals surface area contributed by atoms with Crippen LogP contribution in [0.15, 0.2) is 18.2 Å². The van der Waals surface area contributed by atoms with Crippen molar-refractivity contribution in [2.24, 2.45) is 5.92 Å². The van der Waals surface area contributed by atoms with E-state index in [9.17, 15) is 4.79 Å². The molecule has 0 saturated heterocycles. The average molecular weight is 230 g/mol. The molecule has 1 rings (SSSR count). The van der Waals surface area contributed by atoms with Crippen molar-refractivity contribution in [3.05, 3.63) is 29.3 Å². The van der Waals surface area contributed by atoms with Crippen LogP contribution in [0.1, 0.15) is 44.7 Å². The lowest BCUT2D eigenvalue weighted by molar-refractivity contribution is -0.118. The molecule has 3 nitrogen and oxygen atoms in total. The van der Waals surface area contributed by atoms with E-state index in [-0.39, 0.29) is 11.8 Å². The van der Waals surface area contributed by atoms with Gasteiger partial charge in [0.05, 0.1) is 11.6 Å². The Hall–Kier alpha value is -1.82. The van der Waals surface area contributed by atoms with E-state index >= 15 is 0 Å². The minimum Gasteiger partial charge on any atom is -0.326 e. The van der Waals surface area contributed by atoms with Crippen LogP contribution >= 0.6 is 0 Å². The zero-order valence-corrected chi connectivity index (χ0v) is 10.7. The number of carbonyl (C=O) groups excluding carboxylic acids is 1. The summed E-state index contributed by atoms with van der Waals surface area (Å²) in [4.78, 5) is 11.5. The molecule has 1 amide bonds. The van der Waals surface area contributed by atoms with E-state index in [2.05, 4.69) is 11.4 Å². The van der Waals surface area contributed by atoms with Crippen LogP contribution in [0.3, 0.4) is 0 Å². The van der Waals surface area contributed by atoms with Crippen molar-refractivity contribution in [3.63, 3.8) is 0 Å². The molecule has 1 aromatic rings. The van der Waals surface area contributed by atoms with Gasteiger partial charge in [-0.1, -0.05) is 33.8 Å². The molecule has 17 heavy (non-hydrogen) atoms. The van der Waals surface area contributed by atoms with Crippen molar-refractivity contribution >= 4 is 11.6 Å². The number of carbonyl (C=O) groups is 1. The summed E-state index contributed by atoms with van der Waals surface area (Å²) >= 11 is 0. The highest BCUT2D eigenvalue weighted by Gasteiger charge is 2.10. The van der Waals surface area contributed by atoms with Gasteiger partial charge in [0, 0.05) is 11.6 Å². The number of nitrogens with zero attached hydrogens (tertiary/aromatic N) is 1. The van der Waals surface area contributed by atoms with E-state index in [1.165, 1.54) is 0 Å². The van der Waals surface area contributed by atoms with Crippen LogP contribution in [0.2, 0.25) is 0 Å². The Labute approximate surface area is 102 Å². The highest BCUT2D eigenvalue weighted by molar-refractivity contribution is 5.92. The van der Waals surface area contributed by atoms with E-state index in [1.54, 1.807) is 6.07 Å². The van der Waals surface area contributed by atoms with Gasteiger partial charge in [0.2, 0.25) is 5.91 Å². The summed E-state index contributed by atoms with van der Waals surface area (Å²) in [5.41, 5.74) is 2.32. The Morgan fingerprint density at radius 1 is 1.29 bits per heavy atom. The average Bonchev–Trinajstić information content (AvgIpc) is 2.28. The number of hydrogen-bond donors (Lipinski definition) is 1. The molecule has 0 fully saturated rings. The molecule has 0 aliphatic rings. The number of rotatable bonds is 3. The molecule has 0 radical (unpaired) electrons. The minimum atomic E-state index is -0.0645. The van der Waals surface area contributed by atoms with E-state index in [4.69, 9.17) is 5.26 Å². The van der Waals surface area contributed by atoms with Gasteiger partial charge in [-0.05, 0) is 23.6 Å². The normalized spacial score (nSPS) is 10.4. The van der Waals surface area contributed by atoms with Gasteiger partial charge in [-0.15, -0.1) is 0 Å². The van der Waals surface area contributed by atoms with Crippen molar-refractivity contribution in [3.8, 4) is 6.07 Å². The first-order valence-electron chi connectivity index (χ1n) is 5.80. The van der Waals surface area contributed by atoms with Crippen LogP contribution in [0.25, 0.3) is 0 Å². The van der Waals surface area contributed by atoms with Gasteiger partial charge in [0.1, 0.15) is 0 Å². The highest BCUT2D eigenvalue weighted by Crippen LogP contribution is 2.22. The standard InChI is InChI=1S/C14H18N2O/c1-9(2)13-6-5-12(7-11(13)8-15)16-14(17)10(3)4/h5-7,9-10H,1-4H3,(H,16,17). The van der Waals surface area contributed by atoms with E-state index in [0.29, 0.717) is 17.2 Å². The molecule has 0 spiro atoms. The van der Waals surface area contributed by atoms with Crippen LogP contribution in [0.4, 0.5) is 5.69 Å². The SMILES string of the molecule is CC(C)C(=O)Nc1ccc(C(C)C)c(C#N)c1. The molecule has 90 valence electrons. The molecule has 1 aromatic carbocycles. The van der Waals surface area contributed by atoms with Crippen LogP contribution in [-0.4, -0.2) is 5.91 Å². The first-order valence-corrected chi connectivity index (χ1v) is 5.80. The predicted molar refractivity (Wildman–Crippen MR) is 68.7 cm³/mol. The monoisotopic (exact) mass is 230 g/mol. The predicted octanol–water partition coefficient (Wildman–Crippen LogP) is 3.28. The second-order valence-corrected chi connectivity index (χ2v) is 4.71. The molecule has 0 unspecified atom stereocenters. The molecular formula is C14H18N2O. The summed E-state index contributed by atoms with van der Waals surface area (Å²) in [7, 11) is 0. The van der Waals surface area contributed by atoms with Gasteiger partial charge in [-0.25, -0.2) is 0 Å². The minimum absolute atomic E-state index is 0.0359. The fourth-order valence-corrected chi connectivity index (χ4v) is 1.52. The van der Waals surface area contributed by atoms with Gasteiger partial charge in [0.25, 0.3) is 0 Å². The lowest BCUT2D eigenvalue weighted by atomic mass is 9.97. The third kappa shape index (κ3) is 3.32. The Balaban J connectivity index is 2.99. The largest absolute Gasteiger partial charge is 0.326 e. The number of benzene rings is 1. The smallest absolute Gasteiger partial charge is 0.226 e. The summed E-state index contributed by atoms with van der Waals surface area (Å²) in [5, 5.41) is 11.9. The lowest BCUT2D eigenvalue weighted by Gasteiger charge is -2.11. The quantitative estimate of drug-likeness (QED) is 0.866. The van der Waals surface area contributed by atoms with Gasteiger partial charge < -0.3 is 5.32 Å². The third-order valence-electron chi connectivity index (χ3n) is 2.59. The number of nitriles is 1. The van der Waals surface area contributed by atoms with Crippen molar-refractivity contribution in [1.82, 2.24) is 0 Å². The zero-order chi connectivity index (χ0) is 13.0. The Kier molecular flexibility index (Phi) is 4.28. The Morgan fingerprint density at radius 3 is 2.41 bits per heavy atom. The van der Waals surface area contributed by atoms with Crippen LogP contribution in [0.5, 0.6) is 0 Å². The lowest BCUT2D eigenvalue weighted by Crippen LogP contribution is -2.17. The summed E-state index contributed by atoms with van der Waals surface area (Å²) in [6.07, 6.45) is 0. The summed E-state index contributed by atoms with van der Waals surface area (Å²) in [6, 6.07) is 7.65. The van der Waals surface area contributed by atoms with Crippen molar-refractivity contribution in [2.45, 2.75) is 33.6 Å². The maximum atomic E-state index is 11.5. The molecule has 0 aliphatic carbocycles. The molecule has 0 bridgehead atoms. The van der Waals surface area contributed by atoms with Crippen LogP contribution in [-0.2, 0) is 4.79 Å².